The van der Waals surface area contributed by atoms with Gasteiger partial charge < -0.3 is 14.6 Å². The zero-order valence-electron chi connectivity index (χ0n) is 14.2. The van der Waals surface area contributed by atoms with E-state index in [1.165, 1.54) is 6.07 Å². The maximum absolute atomic E-state index is 11.6. The Hall–Kier alpha value is -2.69. The monoisotopic (exact) mass is 402 g/mol. The first-order valence-electron chi connectivity index (χ1n) is 8.15. The lowest BCUT2D eigenvalue weighted by Crippen LogP contribution is -2.11. The molecule has 6 heteroatoms. The Morgan fingerprint density at radius 3 is 1.89 bits per heavy atom. The van der Waals surface area contributed by atoms with Crippen LogP contribution in [0.15, 0.2) is 66.7 Å². The van der Waals surface area contributed by atoms with Crippen molar-refractivity contribution >= 4 is 29.2 Å². The van der Waals surface area contributed by atoms with E-state index in [2.05, 4.69) is 0 Å². The second kappa shape index (κ2) is 8.80. The number of hydrogen-bond acceptors (Lipinski definition) is 3. The molecule has 4 nitrogen and oxygen atoms in total. The van der Waals surface area contributed by atoms with E-state index in [1.807, 2.05) is 12.1 Å². The predicted molar refractivity (Wildman–Crippen MR) is 105 cm³/mol. The standard InChI is InChI=1S/C21H16Cl2O4/c22-17-8-1-3-10-19(17)26-12-14-6-5-7-15(21(24)25)16(14)13-27-20-11-4-2-9-18(20)23/h1-11H,12-13H2,(H,24,25). The number of benzene rings is 3. The molecule has 3 aromatic carbocycles. The summed E-state index contributed by atoms with van der Waals surface area (Å²) in [6.45, 7) is 0.208. The van der Waals surface area contributed by atoms with Crippen LogP contribution in [0.5, 0.6) is 11.5 Å². The molecule has 1 N–H and O–H groups in total. The Balaban J connectivity index is 1.85. The van der Waals surface area contributed by atoms with Crippen LogP contribution in [0.1, 0.15) is 21.5 Å². The molecule has 27 heavy (non-hydrogen) atoms. The van der Waals surface area contributed by atoms with E-state index in [4.69, 9.17) is 32.7 Å². The summed E-state index contributed by atoms with van der Waals surface area (Å²) in [6.07, 6.45) is 0. The average molecular weight is 403 g/mol. The molecule has 0 amide bonds. The molecule has 0 heterocycles. The van der Waals surface area contributed by atoms with Crippen molar-refractivity contribution in [3.8, 4) is 11.5 Å². The lowest BCUT2D eigenvalue weighted by atomic mass is 10.0. The zero-order chi connectivity index (χ0) is 19.2. The van der Waals surface area contributed by atoms with Crippen LogP contribution >= 0.6 is 23.2 Å². The topological polar surface area (TPSA) is 55.8 Å². The van der Waals surface area contributed by atoms with Gasteiger partial charge in [-0.25, -0.2) is 4.79 Å². The number of hydrogen-bond donors (Lipinski definition) is 1. The molecular formula is C21H16Cl2O4. The molecule has 3 rings (SSSR count). The van der Waals surface area contributed by atoms with Crippen LogP contribution < -0.4 is 9.47 Å². The molecule has 0 unspecified atom stereocenters. The number of para-hydroxylation sites is 2. The molecule has 0 spiro atoms. The lowest BCUT2D eigenvalue weighted by Gasteiger charge is -2.15. The number of ether oxygens (including phenoxy) is 2. The first-order chi connectivity index (χ1) is 13.1. The van der Waals surface area contributed by atoms with Gasteiger partial charge in [-0.2, -0.15) is 0 Å². The maximum Gasteiger partial charge on any atom is 0.336 e. The number of rotatable bonds is 7. The largest absolute Gasteiger partial charge is 0.487 e. The van der Waals surface area contributed by atoms with Gasteiger partial charge in [-0.15, -0.1) is 0 Å². The molecule has 0 aliphatic rings. The van der Waals surface area contributed by atoms with E-state index in [1.54, 1.807) is 48.5 Å². The second-order valence-electron chi connectivity index (χ2n) is 5.69. The molecule has 0 fully saturated rings. The van der Waals surface area contributed by atoms with Gasteiger partial charge >= 0.3 is 5.97 Å². The van der Waals surface area contributed by atoms with Crippen molar-refractivity contribution in [2.24, 2.45) is 0 Å². The second-order valence-corrected chi connectivity index (χ2v) is 6.50. The van der Waals surface area contributed by atoms with Gasteiger partial charge in [-0.05, 0) is 35.9 Å². The van der Waals surface area contributed by atoms with Crippen molar-refractivity contribution in [2.75, 3.05) is 0 Å². The first kappa shape index (κ1) is 19.1. The van der Waals surface area contributed by atoms with Crippen molar-refractivity contribution in [1.82, 2.24) is 0 Å². The van der Waals surface area contributed by atoms with E-state index in [0.29, 0.717) is 32.7 Å². The Morgan fingerprint density at radius 1 is 0.778 bits per heavy atom. The molecule has 138 valence electrons. The number of carboxylic acid groups (broad SMARTS) is 1. The fourth-order valence-corrected chi connectivity index (χ4v) is 2.95. The minimum atomic E-state index is -1.03. The first-order valence-corrected chi connectivity index (χ1v) is 8.90. The third-order valence-corrected chi connectivity index (χ3v) is 4.56. The Bertz CT molecular complexity index is 956. The number of aromatic carboxylic acids is 1. The number of carboxylic acids is 1. The van der Waals surface area contributed by atoms with Crippen LogP contribution in [0.25, 0.3) is 0 Å². The third kappa shape index (κ3) is 4.73. The molecule has 0 aliphatic carbocycles. The molecule has 0 aromatic heterocycles. The summed E-state index contributed by atoms with van der Waals surface area (Å²) in [6, 6.07) is 19.1. The molecule has 0 radical (unpaired) electrons. The number of carbonyl (C=O) groups is 1. The summed E-state index contributed by atoms with van der Waals surface area (Å²) in [4.78, 5) is 11.6. The minimum absolute atomic E-state index is 0.0490. The van der Waals surface area contributed by atoms with Crippen molar-refractivity contribution < 1.29 is 19.4 Å². The Kier molecular flexibility index (Phi) is 6.22. The van der Waals surface area contributed by atoms with Crippen LogP contribution in [0.2, 0.25) is 10.0 Å². The van der Waals surface area contributed by atoms with Gasteiger partial charge in [0.05, 0.1) is 15.6 Å². The molecule has 0 aliphatic heterocycles. The van der Waals surface area contributed by atoms with Crippen molar-refractivity contribution in [1.29, 1.82) is 0 Å². The molecular weight excluding hydrogens is 387 g/mol. The van der Waals surface area contributed by atoms with E-state index in [0.717, 1.165) is 0 Å². The highest BCUT2D eigenvalue weighted by atomic mass is 35.5. The summed E-state index contributed by atoms with van der Waals surface area (Å²) in [5.41, 5.74) is 1.38. The SMILES string of the molecule is O=C(O)c1cccc(COc2ccccc2Cl)c1COc1ccccc1Cl. The molecule has 0 saturated carbocycles. The normalized spacial score (nSPS) is 10.4. The quantitative estimate of drug-likeness (QED) is 0.538. The van der Waals surface area contributed by atoms with Crippen LogP contribution in [0.4, 0.5) is 0 Å². The molecule has 0 saturated heterocycles. The summed E-state index contributed by atoms with van der Waals surface area (Å²) in [5.74, 6) is -0.0254. The molecule has 0 atom stereocenters. The summed E-state index contributed by atoms with van der Waals surface area (Å²) in [5, 5.41) is 10.5. The van der Waals surface area contributed by atoms with Gasteiger partial charge in [-0.1, -0.05) is 59.6 Å². The van der Waals surface area contributed by atoms with Crippen LogP contribution in [-0.4, -0.2) is 11.1 Å². The van der Waals surface area contributed by atoms with E-state index < -0.39 is 5.97 Å². The lowest BCUT2D eigenvalue weighted by molar-refractivity contribution is 0.0693. The van der Waals surface area contributed by atoms with E-state index in [9.17, 15) is 9.90 Å². The van der Waals surface area contributed by atoms with E-state index in [-0.39, 0.29) is 18.8 Å². The fraction of sp³-hybridized carbons (Fsp3) is 0.0952. The van der Waals surface area contributed by atoms with Gasteiger partial charge in [0.15, 0.2) is 0 Å². The van der Waals surface area contributed by atoms with Crippen molar-refractivity contribution in [3.63, 3.8) is 0 Å². The van der Waals surface area contributed by atoms with Gasteiger partial charge in [0.2, 0.25) is 0 Å². The molecule has 0 bridgehead atoms. The third-order valence-electron chi connectivity index (χ3n) is 3.93. The van der Waals surface area contributed by atoms with Gasteiger partial charge in [-0.3, -0.25) is 0 Å². The smallest absolute Gasteiger partial charge is 0.336 e. The van der Waals surface area contributed by atoms with E-state index >= 15 is 0 Å². The molecule has 3 aromatic rings. The minimum Gasteiger partial charge on any atom is -0.487 e. The van der Waals surface area contributed by atoms with Gasteiger partial charge in [0.25, 0.3) is 0 Å². The highest BCUT2D eigenvalue weighted by molar-refractivity contribution is 6.32. The Morgan fingerprint density at radius 2 is 1.33 bits per heavy atom. The maximum atomic E-state index is 11.6. The Labute approximate surface area is 166 Å². The zero-order valence-corrected chi connectivity index (χ0v) is 15.7. The summed E-state index contributed by atoms with van der Waals surface area (Å²) >= 11 is 12.2. The van der Waals surface area contributed by atoms with Crippen LogP contribution in [0, 0.1) is 0 Å². The van der Waals surface area contributed by atoms with Crippen LogP contribution in [-0.2, 0) is 13.2 Å². The fourth-order valence-electron chi connectivity index (χ4n) is 2.57. The van der Waals surface area contributed by atoms with Gasteiger partial charge in [0, 0.05) is 5.56 Å². The van der Waals surface area contributed by atoms with Gasteiger partial charge in [0.1, 0.15) is 24.7 Å². The highest BCUT2D eigenvalue weighted by Gasteiger charge is 2.16. The van der Waals surface area contributed by atoms with Crippen LogP contribution in [0.3, 0.4) is 0 Å². The summed E-state index contributed by atoms with van der Waals surface area (Å²) in [7, 11) is 0. The van der Waals surface area contributed by atoms with Crippen molar-refractivity contribution in [2.45, 2.75) is 13.2 Å². The van der Waals surface area contributed by atoms with Crippen molar-refractivity contribution in [3.05, 3.63) is 93.5 Å². The number of halogens is 2. The highest BCUT2D eigenvalue weighted by Crippen LogP contribution is 2.27. The predicted octanol–water partition coefficient (Wildman–Crippen LogP) is 5.85. The average Bonchev–Trinajstić information content (AvgIpc) is 2.67. The summed E-state index contributed by atoms with van der Waals surface area (Å²) < 4.78 is 11.5.